The number of carbonyl (C=O) groups excluding carboxylic acids is 1. The number of rotatable bonds is 5. The van der Waals surface area contributed by atoms with Crippen LogP contribution in [0.4, 0.5) is 18.3 Å². The van der Waals surface area contributed by atoms with Crippen LogP contribution in [0.5, 0.6) is 0 Å². The minimum absolute atomic E-state index is 0.0287. The standard InChI is InChI=1S/C22H14ClF3N2O2S/c23-16-6-1-3-13(9-16)10-17-12-27-21(31-17)28-20(29)19-8-7-18(30-19)14-4-2-5-15(11-14)22(24,25)26/h1-9,11-12H,10H2,(H,27,28,29). The number of benzene rings is 2. The second kappa shape index (κ2) is 8.56. The average Bonchev–Trinajstić information content (AvgIpc) is 3.37. The van der Waals surface area contributed by atoms with Crippen LogP contribution in [0.25, 0.3) is 11.3 Å². The predicted molar refractivity (Wildman–Crippen MR) is 113 cm³/mol. The van der Waals surface area contributed by atoms with Gasteiger partial charge in [0.05, 0.1) is 5.56 Å². The quantitative estimate of drug-likeness (QED) is 0.350. The monoisotopic (exact) mass is 462 g/mol. The van der Waals surface area contributed by atoms with Gasteiger partial charge >= 0.3 is 6.18 Å². The van der Waals surface area contributed by atoms with Gasteiger partial charge in [0.25, 0.3) is 5.91 Å². The highest BCUT2D eigenvalue weighted by atomic mass is 35.5. The van der Waals surface area contributed by atoms with E-state index in [9.17, 15) is 18.0 Å². The van der Waals surface area contributed by atoms with Crippen molar-refractivity contribution in [2.45, 2.75) is 12.6 Å². The Morgan fingerprint density at radius 3 is 2.68 bits per heavy atom. The molecule has 0 saturated carbocycles. The first-order valence-electron chi connectivity index (χ1n) is 9.06. The molecule has 31 heavy (non-hydrogen) atoms. The summed E-state index contributed by atoms with van der Waals surface area (Å²) < 4.78 is 44.2. The molecule has 0 saturated heterocycles. The average molecular weight is 463 g/mol. The summed E-state index contributed by atoms with van der Waals surface area (Å²) in [6.07, 6.45) is -2.18. The summed E-state index contributed by atoms with van der Waals surface area (Å²) in [7, 11) is 0. The van der Waals surface area contributed by atoms with Crippen LogP contribution in [0, 0.1) is 0 Å². The molecular formula is C22H14ClF3N2O2S. The predicted octanol–water partition coefficient (Wildman–Crippen LogP) is 6.92. The third kappa shape index (κ3) is 5.15. The van der Waals surface area contributed by atoms with Crippen molar-refractivity contribution in [1.29, 1.82) is 0 Å². The molecule has 4 rings (SSSR count). The molecule has 1 N–H and O–H groups in total. The van der Waals surface area contributed by atoms with Gasteiger partial charge in [-0.25, -0.2) is 4.98 Å². The number of amides is 1. The van der Waals surface area contributed by atoms with E-state index in [0.717, 1.165) is 22.6 Å². The Labute approximate surface area is 184 Å². The lowest BCUT2D eigenvalue weighted by atomic mass is 10.1. The van der Waals surface area contributed by atoms with E-state index in [0.29, 0.717) is 16.6 Å². The van der Waals surface area contributed by atoms with Crippen LogP contribution in [0.1, 0.15) is 26.6 Å². The molecule has 0 fully saturated rings. The number of alkyl halides is 3. The van der Waals surface area contributed by atoms with Crippen molar-refractivity contribution in [3.05, 3.63) is 93.6 Å². The van der Waals surface area contributed by atoms with Crippen molar-refractivity contribution in [2.75, 3.05) is 5.32 Å². The van der Waals surface area contributed by atoms with Crippen molar-refractivity contribution < 1.29 is 22.4 Å². The largest absolute Gasteiger partial charge is 0.451 e. The van der Waals surface area contributed by atoms with Gasteiger partial charge in [0.1, 0.15) is 5.76 Å². The molecule has 4 aromatic rings. The lowest BCUT2D eigenvalue weighted by molar-refractivity contribution is -0.137. The van der Waals surface area contributed by atoms with Gasteiger partial charge < -0.3 is 4.42 Å². The van der Waals surface area contributed by atoms with E-state index in [4.69, 9.17) is 16.0 Å². The number of carbonyl (C=O) groups is 1. The lowest BCUT2D eigenvalue weighted by Crippen LogP contribution is -2.10. The molecule has 2 heterocycles. The van der Waals surface area contributed by atoms with E-state index in [2.05, 4.69) is 10.3 Å². The minimum atomic E-state index is -4.46. The molecule has 0 bridgehead atoms. The molecule has 9 heteroatoms. The van der Waals surface area contributed by atoms with E-state index in [1.54, 1.807) is 12.3 Å². The topological polar surface area (TPSA) is 55.1 Å². The van der Waals surface area contributed by atoms with Gasteiger partial charge in [-0.05, 0) is 42.0 Å². The molecule has 0 spiro atoms. The maximum Gasteiger partial charge on any atom is 0.416 e. The molecule has 2 aromatic heterocycles. The first kappa shape index (κ1) is 21.1. The van der Waals surface area contributed by atoms with Crippen molar-refractivity contribution in [1.82, 2.24) is 4.98 Å². The summed E-state index contributed by atoms with van der Waals surface area (Å²) >= 11 is 7.31. The first-order valence-corrected chi connectivity index (χ1v) is 10.3. The molecule has 2 aromatic carbocycles. The lowest BCUT2D eigenvalue weighted by Gasteiger charge is -2.07. The van der Waals surface area contributed by atoms with E-state index in [1.807, 2.05) is 18.2 Å². The highest BCUT2D eigenvalue weighted by Gasteiger charge is 2.30. The molecule has 0 atom stereocenters. The number of nitrogens with zero attached hydrogens (tertiary/aromatic N) is 1. The fourth-order valence-corrected chi connectivity index (χ4v) is 3.97. The number of aromatic nitrogens is 1. The second-order valence-corrected chi connectivity index (χ2v) is 8.19. The van der Waals surface area contributed by atoms with Crippen molar-refractivity contribution in [3.8, 4) is 11.3 Å². The van der Waals surface area contributed by atoms with Crippen LogP contribution in [0.15, 0.2) is 71.3 Å². The van der Waals surface area contributed by atoms with E-state index < -0.39 is 17.6 Å². The molecule has 158 valence electrons. The summed E-state index contributed by atoms with van der Waals surface area (Å²) in [5, 5.41) is 3.68. The fourth-order valence-electron chi connectivity index (χ4n) is 2.92. The zero-order valence-electron chi connectivity index (χ0n) is 15.7. The molecule has 4 nitrogen and oxygen atoms in total. The van der Waals surface area contributed by atoms with Crippen LogP contribution in [-0.2, 0) is 12.6 Å². The summed E-state index contributed by atoms with van der Waals surface area (Å²) in [6, 6.07) is 15.0. The number of hydrogen-bond donors (Lipinski definition) is 1. The fraction of sp³-hybridized carbons (Fsp3) is 0.0909. The summed E-state index contributed by atoms with van der Waals surface area (Å²) in [5.74, 6) is -0.405. The van der Waals surface area contributed by atoms with Gasteiger partial charge in [0.2, 0.25) is 0 Å². The minimum Gasteiger partial charge on any atom is -0.451 e. The van der Waals surface area contributed by atoms with Gasteiger partial charge in [0, 0.05) is 28.1 Å². The number of hydrogen-bond acceptors (Lipinski definition) is 4. The summed E-state index contributed by atoms with van der Waals surface area (Å²) in [6.45, 7) is 0. The Morgan fingerprint density at radius 2 is 1.90 bits per heavy atom. The van der Waals surface area contributed by atoms with Crippen molar-refractivity contribution >= 4 is 34.0 Å². The first-order chi connectivity index (χ1) is 14.8. The highest BCUT2D eigenvalue weighted by molar-refractivity contribution is 7.15. The third-order valence-electron chi connectivity index (χ3n) is 4.35. The Kier molecular flexibility index (Phi) is 5.84. The van der Waals surface area contributed by atoms with Crippen LogP contribution in [0.2, 0.25) is 5.02 Å². The highest BCUT2D eigenvalue weighted by Crippen LogP contribution is 2.33. The van der Waals surface area contributed by atoms with Crippen LogP contribution < -0.4 is 5.32 Å². The van der Waals surface area contributed by atoms with E-state index in [-0.39, 0.29) is 17.1 Å². The van der Waals surface area contributed by atoms with Crippen LogP contribution in [0.3, 0.4) is 0 Å². The van der Waals surface area contributed by atoms with E-state index >= 15 is 0 Å². The van der Waals surface area contributed by atoms with Crippen LogP contribution >= 0.6 is 22.9 Å². The summed E-state index contributed by atoms with van der Waals surface area (Å²) in [5.41, 5.74) is 0.458. The molecule has 0 unspecified atom stereocenters. The summed E-state index contributed by atoms with van der Waals surface area (Å²) in [4.78, 5) is 17.6. The Bertz CT molecular complexity index is 1230. The number of anilines is 1. The van der Waals surface area contributed by atoms with E-state index in [1.165, 1.54) is 35.6 Å². The molecule has 0 aliphatic heterocycles. The normalized spacial score (nSPS) is 11.5. The second-order valence-electron chi connectivity index (χ2n) is 6.64. The molecule has 1 amide bonds. The van der Waals surface area contributed by atoms with Gasteiger partial charge in [-0.1, -0.05) is 35.9 Å². The van der Waals surface area contributed by atoms with Crippen molar-refractivity contribution in [2.24, 2.45) is 0 Å². The maximum atomic E-state index is 12.9. The number of thiazole rings is 1. The third-order valence-corrected chi connectivity index (χ3v) is 5.49. The smallest absolute Gasteiger partial charge is 0.416 e. The molecule has 0 radical (unpaired) electrons. The number of furan rings is 1. The SMILES string of the molecule is O=C(Nc1ncc(Cc2cccc(Cl)c2)s1)c1ccc(-c2cccc(C(F)(F)F)c2)o1. The van der Waals surface area contributed by atoms with Crippen LogP contribution in [-0.4, -0.2) is 10.9 Å². The molecule has 0 aliphatic carbocycles. The zero-order valence-corrected chi connectivity index (χ0v) is 17.3. The van der Waals surface area contributed by atoms with Gasteiger partial charge in [-0.2, -0.15) is 13.2 Å². The molecule has 0 aliphatic rings. The Hall–Kier alpha value is -3.10. The van der Waals surface area contributed by atoms with Crippen molar-refractivity contribution in [3.63, 3.8) is 0 Å². The number of halogens is 4. The van der Waals surface area contributed by atoms with Gasteiger partial charge in [0.15, 0.2) is 10.9 Å². The Balaban J connectivity index is 1.45. The molecular weight excluding hydrogens is 449 g/mol. The van der Waals surface area contributed by atoms with Gasteiger partial charge in [-0.15, -0.1) is 11.3 Å². The van der Waals surface area contributed by atoms with Gasteiger partial charge in [-0.3, -0.25) is 10.1 Å². The maximum absolute atomic E-state index is 12.9. The zero-order chi connectivity index (χ0) is 22.0. The Morgan fingerprint density at radius 1 is 1.10 bits per heavy atom. The number of nitrogens with one attached hydrogen (secondary N) is 1.